The topological polar surface area (TPSA) is 38.7 Å². The number of allylic oxidation sites excluding steroid dienone is 4. The minimum atomic E-state index is -1.20. The number of pyridine rings is 1. The number of aromatic nitrogens is 3. The van der Waals surface area contributed by atoms with Crippen LogP contribution in [0.2, 0.25) is 0 Å². The van der Waals surface area contributed by atoms with Crippen LogP contribution in [0.4, 0.5) is 0 Å². The van der Waals surface area contributed by atoms with Crippen LogP contribution in [0, 0.1) is 0 Å². The molecule has 0 amide bonds. The summed E-state index contributed by atoms with van der Waals surface area (Å²) in [5.74, 6) is 0.575. The molecule has 0 fully saturated rings. The Morgan fingerprint density at radius 1 is 0.565 bits per heavy atom. The minimum Gasteiger partial charge on any atom is -0.264 e. The average Bonchev–Trinajstić information content (AvgIpc) is 3.20. The van der Waals surface area contributed by atoms with E-state index in [9.17, 15) is 0 Å². The van der Waals surface area contributed by atoms with E-state index in [-0.39, 0.29) is 23.7 Å². The van der Waals surface area contributed by atoms with E-state index in [1.165, 1.54) is 10.8 Å². The number of fused-ring (bicyclic) bond motifs is 1. The summed E-state index contributed by atoms with van der Waals surface area (Å²) in [5.41, 5.74) is 9.30. The second kappa shape index (κ2) is 12.2. The summed E-state index contributed by atoms with van der Waals surface area (Å²) in [5, 5.41) is 2.38. The molecule has 0 N–H and O–H groups in total. The van der Waals surface area contributed by atoms with Crippen LogP contribution in [0.3, 0.4) is 0 Å². The molecule has 46 heavy (non-hydrogen) atoms. The lowest BCUT2D eigenvalue weighted by molar-refractivity contribution is 1.05. The van der Waals surface area contributed by atoms with E-state index in [2.05, 4.69) is 96.0 Å². The van der Waals surface area contributed by atoms with Crippen molar-refractivity contribution in [1.29, 1.82) is 0 Å². The Bertz CT molecular complexity index is 2450. The first kappa shape index (κ1) is 22.6. The molecule has 0 spiro atoms. The summed E-state index contributed by atoms with van der Waals surface area (Å²) in [6.45, 7) is 0. The van der Waals surface area contributed by atoms with E-state index >= 15 is 0 Å². The number of benzene rings is 5. The van der Waals surface area contributed by atoms with Gasteiger partial charge in [-0.15, -0.1) is 0 Å². The maximum atomic E-state index is 8.54. The lowest BCUT2D eigenvalue weighted by atomic mass is 9.96. The molecule has 0 bridgehead atoms. The summed E-state index contributed by atoms with van der Waals surface area (Å²) < 4.78 is 41.4. The standard InChI is InChI=1S/C43H31N3/c1-2-8-30(9-3-1)31-15-21-35(22-16-31)41-28-42(36-23-17-32(18-24-36)38-12-7-27-44-29-38)46-43(45-41)37-25-19-34(20-26-37)40-14-6-11-33-10-4-5-13-39(33)40/h1-2,4-8,10-29H,3,9H2/i1D,2D,3D,8D,9D. The molecule has 5 aromatic carbocycles. The number of hydrogen-bond donors (Lipinski definition) is 0. The lowest BCUT2D eigenvalue weighted by Crippen LogP contribution is -1.96. The SMILES string of the molecule is [2H]C1=C([2H])C([2H])C([2H])C(c2ccc(-c3cc(-c4ccc(-c5cccnc5)cc4)nc(-c4ccc(-c5cccc6ccccc56)cc4)n3)cc2)=C1[2H]. The highest BCUT2D eigenvalue weighted by molar-refractivity contribution is 5.96. The van der Waals surface area contributed by atoms with Crippen molar-refractivity contribution >= 4 is 16.3 Å². The molecule has 2 unspecified atom stereocenters. The van der Waals surface area contributed by atoms with Gasteiger partial charge in [0.05, 0.1) is 15.5 Å². The van der Waals surface area contributed by atoms with E-state index in [1.54, 1.807) is 18.3 Å². The number of rotatable bonds is 6. The molecule has 3 nitrogen and oxygen atoms in total. The van der Waals surface area contributed by atoms with E-state index in [0.29, 0.717) is 17.1 Å². The predicted octanol–water partition coefficient (Wildman–Crippen LogP) is 11.1. The normalized spacial score (nSPS) is 18.0. The fourth-order valence-electron chi connectivity index (χ4n) is 5.82. The van der Waals surface area contributed by atoms with E-state index < -0.39 is 12.8 Å². The molecule has 0 saturated carbocycles. The van der Waals surface area contributed by atoms with E-state index in [0.717, 1.165) is 44.6 Å². The third-order valence-electron chi connectivity index (χ3n) is 8.24. The highest BCUT2D eigenvalue weighted by Gasteiger charge is 2.13. The summed E-state index contributed by atoms with van der Waals surface area (Å²) >= 11 is 0. The van der Waals surface area contributed by atoms with Gasteiger partial charge in [-0.05, 0) is 69.1 Å². The van der Waals surface area contributed by atoms with Gasteiger partial charge in [-0.1, -0.05) is 139 Å². The monoisotopic (exact) mass is 594 g/mol. The third-order valence-corrected chi connectivity index (χ3v) is 8.24. The van der Waals surface area contributed by atoms with E-state index in [4.69, 9.17) is 16.8 Å². The van der Waals surface area contributed by atoms with Crippen molar-refractivity contribution in [2.75, 3.05) is 0 Å². The zero-order valence-corrected chi connectivity index (χ0v) is 24.9. The quantitative estimate of drug-likeness (QED) is 0.192. The molecular formula is C43H31N3. The molecular weight excluding hydrogens is 558 g/mol. The van der Waals surface area contributed by atoms with Crippen LogP contribution >= 0.6 is 0 Å². The first-order chi connectivity index (χ1) is 24.9. The van der Waals surface area contributed by atoms with Crippen LogP contribution in [0.25, 0.3) is 72.5 Å². The second-order valence-corrected chi connectivity index (χ2v) is 11.1. The van der Waals surface area contributed by atoms with Crippen molar-refractivity contribution in [1.82, 2.24) is 15.0 Å². The van der Waals surface area contributed by atoms with Crippen molar-refractivity contribution in [3.63, 3.8) is 0 Å². The highest BCUT2D eigenvalue weighted by atomic mass is 14.9. The highest BCUT2D eigenvalue weighted by Crippen LogP contribution is 2.33. The molecule has 1 aliphatic rings. The number of hydrogen-bond acceptors (Lipinski definition) is 3. The van der Waals surface area contributed by atoms with Gasteiger partial charge in [0.1, 0.15) is 0 Å². The largest absolute Gasteiger partial charge is 0.264 e. The Hall–Kier alpha value is -5.93. The van der Waals surface area contributed by atoms with Crippen LogP contribution < -0.4 is 0 Å². The van der Waals surface area contributed by atoms with Crippen molar-refractivity contribution < 1.29 is 6.85 Å². The van der Waals surface area contributed by atoms with Crippen molar-refractivity contribution in [2.24, 2.45) is 0 Å². The van der Waals surface area contributed by atoms with Crippen LogP contribution in [0.5, 0.6) is 0 Å². The van der Waals surface area contributed by atoms with E-state index in [1.807, 2.05) is 36.5 Å². The van der Waals surface area contributed by atoms with Crippen LogP contribution in [-0.4, -0.2) is 15.0 Å². The smallest absolute Gasteiger partial charge is 0.160 e. The summed E-state index contributed by atoms with van der Waals surface area (Å²) in [4.78, 5) is 14.3. The first-order valence-corrected chi connectivity index (χ1v) is 15.2. The summed E-state index contributed by atoms with van der Waals surface area (Å²) in [7, 11) is 0. The molecule has 2 heterocycles. The Labute approximate surface area is 276 Å². The summed E-state index contributed by atoms with van der Waals surface area (Å²) in [6.07, 6.45) is 1.28. The van der Waals surface area contributed by atoms with Gasteiger partial charge in [-0.3, -0.25) is 4.98 Å². The van der Waals surface area contributed by atoms with Crippen molar-refractivity contribution in [3.05, 3.63) is 170 Å². The molecule has 0 aliphatic heterocycles. The molecule has 7 aromatic rings. The van der Waals surface area contributed by atoms with Gasteiger partial charge in [0.15, 0.2) is 5.82 Å². The van der Waals surface area contributed by atoms with Gasteiger partial charge in [0.2, 0.25) is 0 Å². The van der Waals surface area contributed by atoms with Gasteiger partial charge < -0.3 is 0 Å². The van der Waals surface area contributed by atoms with Gasteiger partial charge in [0.25, 0.3) is 0 Å². The van der Waals surface area contributed by atoms with Crippen molar-refractivity contribution in [2.45, 2.75) is 12.8 Å². The fourth-order valence-corrected chi connectivity index (χ4v) is 5.82. The third kappa shape index (κ3) is 5.55. The molecule has 1 aliphatic carbocycles. The van der Waals surface area contributed by atoms with Gasteiger partial charge in [-0.25, -0.2) is 9.97 Å². The Morgan fingerprint density at radius 3 is 1.96 bits per heavy atom. The molecule has 0 saturated heterocycles. The Morgan fingerprint density at radius 2 is 1.22 bits per heavy atom. The minimum absolute atomic E-state index is 0.176. The molecule has 0 radical (unpaired) electrons. The maximum absolute atomic E-state index is 8.54. The molecule has 3 heteroatoms. The Kier molecular flexibility index (Phi) is 5.99. The summed E-state index contributed by atoms with van der Waals surface area (Å²) in [6, 6.07) is 43.8. The Balaban J connectivity index is 1.20. The van der Waals surface area contributed by atoms with Gasteiger partial charge in [-0.2, -0.15) is 0 Å². The first-order valence-electron chi connectivity index (χ1n) is 17.8. The number of nitrogens with zero attached hydrogens (tertiary/aromatic N) is 3. The van der Waals surface area contributed by atoms with Crippen molar-refractivity contribution in [3.8, 4) is 56.2 Å². The molecule has 218 valence electrons. The zero-order chi connectivity index (χ0) is 35.1. The van der Waals surface area contributed by atoms with Gasteiger partial charge >= 0.3 is 0 Å². The average molecular weight is 595 g/mol. The lowest BCUT2D eigenvalue weighted by Gasteiger charge is -2.12. The predicted molar refractivity (Wildman–Crippen MR) is 191 cm³/mol. The van der Waals surface area contributed by atoms with Crippen LogP contribution in [0.15, 0.2) is 164 Å². The van der Waals surface area contributed by atoms with Gasteiger partial charge in [0, 0.05) is 31.8 Å². The fraction of sp³-hybridized carbons (Fsp3) is 0.0465. The molecule has 2 atom stereocenters. The molecule has 2 aromatic heterocycles. The maximum Gasteiger partial charge on any atom is 0.160 e. The van der Waals surface area contributed by atoms with Crippen LogP contribution in [-0.2, 0) is 0 Å². The molecule has 8 rings (SSSR count). The van der Waals surface area contributed by atoms with Crippen LogP contribution in [0.1, 0.15) is 25.2 Å². The zero-order valence-electron chi connectivity index (χ0n) is 29.9. The second-order valence-electron chi connectivity index (χ2n) is 11.1.